The Balaban J connectivity index is 2.11. The molecule has 100 valence electrons. The number of nitrogens with zero attached hydrogens (tertiary/aromatic N) is 2. The van der Waals surface area contributed by atoms with E-state index in [1.165, 1.54) is 17.3 Å². The van der Waals surface area contributed by atoms with E-state index in [0.29, 0.717) is 5.88 Å². The maximum atomic E-state index is 12.3. The summed E-state index contributed by atoms with van der Waals surface area (Å²) in [7, 11) is 0. The van der Waals surface area contributed by atoms with Crippen LogP contribution in [0.25, 0.3) is 0 Å². The highest BCUT2D eigenvalue weighted by Gasteiger charge is 2.41. The van der Waals surface area contributed by atoms with Gasteiger partial charge < -0.3 is 0 Å². The standard InChI is InChI=1S/C14H16N2OS2/c1-11(2)8-13(17)14(16-15-10-19-14)18-9-12-6-4-3-5-7-12/h3-8H,9-10H2,1-2H3. The lowest BCUT2D eigenvalue weighted by molar-refractivity contribution is -0.114. The van der Waals surface area contributed by atoms with E-state index in [4.69, 9.17) is 0 Å². The van der Waals surface area contributed by atoms with Crippen LogP contribution >= 0.6 is 23.5 Å². The fraction of sp³-hybridized carbons (Fsp3) is 0.357. The summed E-state index contributed by atoms with van der Waals surface area (Å²) in [5.41, 5.74) is 2.19. The van der Waals surface area contributed by atoms with Crippen LogP contribution in [-0.4, -0.2) is 15.9 Å². The van der Waals surface area contributed by atoms with Crippen LogP contribution in [0.1, 0.15) is 19.4 Å². The van der Waals surface area contributed by atoms with Crippen molar-refractivity contribution in [2.24, 2.45) is 10.2 Å². The van der Waals surface area contributed by atoms with E-state index < -0.39 is 4.20 Å². The molecular formula is C14H16N2OS2. The lowest BCUT2D eigenvalue weighted by atomic mass is 10.2. The second kappa shape index (κ2) is 6.39. The Morgan fingerprint density at radius 1 is 1.42 bits per heavy atom. The lowest BCUT2D eigenvalue weighted by Crippen LogP contribution is -2.26. The minimum absolute atomic E-state index is 0.0275. The maximum absolute atomic E-state index is 12.3. The summed E-state index contributed by atoms with van der Waals surface area (Å²) < 4.78 is -0.785. The minimum atomic E-state index is -0.785. The Bertz CT molecular complexity index is 509. The van der Waals surface area contributed by atoms with Crippen molar-refractivity contribution in [3.63, 3.8) is 0 Å². The largest absolute Gasteiger partial charge is 0.290 e. The highest BCUT2D eigenvalue weighted by Crippen LogP contribution is 2.45. The second-order valence-corrected chi connectivity index (χ2v) is 7.02. The molecule has 0 saturated heterocycles. The first-order valence-corrected chi connectivity index (χ1v) is 7.99. The van der Waals surface area contributed by atoms with Gasteiger partial charge in [-0.3, -0.25) is 4.79 Å². The molecule has 0 aromatic heterocycles. The van der Waals surface area contributed by atoms with Crippen molar-refractivity contribution < 1.29 is 4.79 Å². The number of benzene rings is 1. The van der Waals surface area contributed by atoms with Gasteiger partial charge >= 0.3 is 0 Å². The molecular weight excluding hydrogens is 276 g/mol. The normalized spacial score (nSPS) is 21.4. The number of hydrogen-bond donors (Lipinski definition) is 0. The Hall–Kier alpha value is -1.07. The fourth-order valence-corrected chi connectivity index (χ4v) is 3.78. The summed E-state index contributed by atoms with van der Waals surface area (Å²) in [6.45, 7) is 3.84. The molecule has 1 aromatic rings. The highest BCUT2D eigenvalue weighted by atomic mass is 32.2. The number of ketones is 1. The molecule has 19 heavy (non-hydrogen) atoms. The van der Waals surface area contributed by atoms with Crippen LogP contribution in [0, 0.1) is 0 Å². The molecule has 1 aromatic carbocycles. The molecule has 5 heteroatoms. The molecule has 0 saturated carbocycles. The molecule has 2 rings (SSSR count). The van der Waals surface area contributed by atoms with Crippen molar-refractivity contribution in [3.05, 3.63) is 47.5 Å². The van der Waals surface area contributed by atoms with Gasteiger partial charge in [-0.05, 0) is 25.5 Å². The van der Waals surface area contributed by atoms with Gasteiger partial charge in [0.05, 0.1) is 0 Å². The van der Waals surface area contributed by atoms with E-state index in [-0.39, 0.29) is 5.78 Å². The zero-order valence-electron chi connectivity index (χ0n) is 11.0. The summed E-state index contributed by atoms with van der Waals surface area (Å²) in [6.07, 6.45) is 1.66. The van der Waals surface area contributed by atoms with Gasteiger partial charge in [-0.1, -0.05) is 47.7 Å². The molecule has 0 bridgehead atoms. The third-order valence-corrected chi connectivity index (χ3v) is 5.31. The van der Waals surface area contributed by atoms with Crippen LogP contribution in [0.2, 0.25) is 0 Å². The quantitative estimate of drug-likeness (QED) is 0.761. The van der Waals surface area contributed by atoms with Crippen LogP contribution in [0.4, 0.5) is 0 Å². The summed E-state index contributed by atoms with van der Waals surface area (Å²) in [4.78, 5) is 12.3. The molecule has 0 spiro atoms. The molecule has 1 aliphatic heterocycles. The average molecular weight is 292 g/mol. The lowest BCUT2D eigenvalue weighted by Gasteiger charge is -2.20. The Morgan fingerprint density at radius 2 is 2.16 bits per heavy atom. The number of allylic oxidation sites excluding steroid dienone is 1. The molecule has 0 fully saturated rings. The van der Waals surface area contributed by atoms with Gasteiger partial charge in [-0.15, -0.1) is 11.8 Å². The molecule has 1 unspecified atom stereocenters. The Kier molecular flexibility index (Phi) is 4.82. The van der Waals surface area contributed by atoms with Gasteiger partial charge in [0.15, 0.2) is 0 Å². The van der Waals surface area contributed by atoms with Crippen molar-refractivity contribution in [2.75, 3.05) is 5.88 Å². The van der Waals surface area contributed by atoms with Gasteiger partial charge in [0.25, 0.3) is 0 Å². The van der Waals surface area contributed by atoms with Gasteiger partial charge in [-0.2, -0.15) is 10.2 Å². The Labute approximate surface area is 122 Å². The number of carbonyl (C=O) groups is 1. The van der Waals surface area contributed by atoms with Crippen molar-refractivity contribution >= 4 is 29.3 Å². The van der Waals surface area contributed by atoms with Crippen LogP contribution in [-0.2, 0) is 10.5 Å². The van der Waals surface area contributed by atoms with E-state index in [0.717, 1.165) is 11.3 Å². The third-order valence-electron chi connectivity index (χ3n) is 2.53. The van der Waals surface area contributed by atoms with Crippen LogP contribution in [0.15, 0.2) is 52.2 Å². The number of hydrogen-bond acceptors (Lipinski definition) is 5. The summed E-state index contributed by atoms with van der Waals surface area (Å²) in [6, 6.07) is 10.1. The predicted molar refractivity (Wildman–Crippen MR) is 82.2 cm³/mol. The topological polar surface area (TPSA) is 41.8 Å². The molecule has 1 atom stereocenters. The summed E-state index contributed by atoms with van der Waals surface area (Å²) in [5, 5.41) is 8.19. The van der Waals surface area contributed by atoms with Crippen LogP contribution < -0.4 is 0 Å². The van der Waals surface area contributed by atoms with E-state index in [1.807, 2.05) is 32.0 Å². The summed E-state index contributed by atoms with van der Waals surface area (Å²) in [5.74, 6) is 1.35. The smallest absolute Gasteiger partial charge is 0.236 e. The monoisotopic (exact) mass is 292 g/mol. The second-order valence-electron chi connectivity index (χ2n) is 4.46. The van der Waals surface area contributed by atoms with E-state index >= 15 is 0 Å². The average Bonchev–Trinajstić information content (AvgIpc) is 2.87. The van der Waals surface area contributed by atoms with Crippen molar-refractivity contribution in [1.29, 1.82) is 0 Å². The molecule has 0 radical (unpaired) electrons. The zero-order chi connectivity index (χ0) is 13.7. The van der Waals surface area contributed by atoms with Crippen molar-refractivity contribution in [3.8, 4) is 0 Å². The molecule has 0 N–H and O–H groups in total. The zero-order valence-corrected chi connectivity index (χ0v) is 12.6. The third kappa shape index (κ3) is 3.70. The molecule has 0 amide bonds. The van der Waals surface area contributed by atoms with Gasteiger partial charge in [0.1, 0.15) is 5.88 Å². The minimum Gasteiger partial charge on any atom is -0.290 e. The Morgan fingerprint density at radius 3 is 2.74 bits per heavy atom. The van der Waals surface area contributed by atoms with Gasteiger partial charge in [0, 0.05) is 5.75 Å². The van der Waals surface area contributed by atoms with Crippen molar-refractivity contribution in [2.45, 2.75) is 23.8 Å². The van der Waals surface area contributed by atoms with Crippen molar-refractivity contribution in [1.82, 2.24) is 0 Å². The van der Waals surface area contributed by atoms with E-state index in [2.05, 4.69) is 22.4 Å². The number of rotatable bonds is 5. The first kappa shape index (κ1) is 14.3. The van der Waals surface area contributed by atoms with Crippen LogP contribution in [0.3, 0.4) is 0 Å². The maximum Gasteiger partial charge on any atom is 0.236 e. The molecule has 1 aliphatic rings. The van der Waals surface area contributed by atoms with Gasteiger partial charge in [-0.25, -0.2) is 0 Å². The first-order valence-electron chi connectivity index (χ1n) is 6.02. The fourth-order valence-electron chi connectivity index (χ4n) is 1.64. The molecule has 3 nitrogen and oxygen atoms in total. The van der Waals surface area contributed by atoms with E-state index in [1.54, 1.807) is 17.8 Å². The molecule has 0 aliphatic carbocycles. The SMILES string of the molecule is CC(C)=CC(=O)C1(SCc2ccccc2)N=NCS1. The number of azo groups is 1. The first-order chi connectivity index (χ1) is 9.12. The number of thioether (sulfide) groups is 2. The predicted octanol–water partition coefficient (Wildman–Crippen LogP) is 4.27. The number of carbonyl (C=O) groups excluding carboxylic acids is 1. The van der Waals surface area contributed by atoms with E-state index in [9.17, 15) is 4.79 Å². The molecule has 1 heterocycles. The van der Waals surface area contributed by atoms with Gasteiger partial charge in [0.2, 0.25) is 9.99 Å². The van der Waals surface area contributed by atoms with Crippen LogP contribution in [0.5, 0.6) is 0 Å². The highest BCUT2D eigenvalue weighted by molar-refractivity contribution is 8.19. The summed E-state index contributed by atoms with van der Waals surface area (Å²) >= 11 is 3.04.